The van der Waals surface area contributed by atoms with Gasteiger partial charge >= 0.3 is 0 Å². The minimum atomic E-state index is 0.355. The molecule has 84 valence electrons. The zero-order chi connectivity index (χ0) is 11.3. The molecule has 0 radical (unpaired) electrons. The van der Waals surface area contributed by atoms with E-state index >= 15 is 0 Å². The number of benzene rings is 1. The Hall–Kier alpha value is -0.980. The van der Waals surface area contributed by atoms with Crippen LogP contribution in [-0.2, 0) is 6.42 Å². The third-order valence-corrected chi connectivity index (χ3v) is 2.58. The van der Waals surface area contributed by atoms with Crippen LogP contribution in [-0.4, -0.2) is 5.11 Å². The maximum atomic E-state index is 9.13. The lowest BCUT2D eigenvalue weighted by Crippen LogP contribution is -2.04. The van der Waals surface area contributed by atoms with E-state index in [4.69, 9.17) is 5.11 Å². The number of aryl methyl sites for hydroxylation is 1. The van der Waals surface area contributed by atoms with E-state index in [0.29, 0.717) is 11.2 Å². The van der Waals surface area contributed by atoms with Gasteiger partial charge in [-0.3, -0.25) is 0 Å². The van der Waals surface area contributed by atoms with E-state index < -0.39 is 0 Å². The third kappa shape index (κ3) is 5.46. The number of unbranched alkanes of at least 4 members (excludes halogenated alkanes) is 1. The number of phenols is 1. The molecule has 0 spiro atoms. The van der Waals surface area contributed by atoms with Crippen molar-refractivity contribution in [2.24, 2.45) is 5.41 Å². The summed E-state index contributed by atoms with van der Waals surface area (Å²) >= 11 is 0. The van der Waals surface area contributed by atoms with Gasteiger partial charge in [-0.1, -0.05) is 39.3 Å². The van der Waals surface area contributed by atoms with Gasteiger partial charge in [0.25, 0.3) is 0 Å². The van der Waals surface area contributed by atoms with Crippen molar-refractivity contribution in [1.29, 1.82) is 0 Å². The van der Waals surface area contributed by atoms with E-state index in [-0.39, 0.29) is 0 Å². The van der Waals surface area contributed by atoms with E-state index in [1.54, 1.807) is 12.1 Å². The summed E-state index contributed by atoms with van der Waals surface area (Å²) in [5.74, 6) is 0.355. The van der Waals surface area contributed by atoms with Crippen LogP contribution in [0.4, 0.5) is 0 Å². The number of rotatable bonds is 4. The van der Waals surface area contributed by atoms with Crippen molar-refractivity contribution in [3.63, 3.8) is 0 Å². The first-order chi connectivity index (χ1) is 6.97. The average molecular weight is 206 g/mol. The molecule has 0 fully saturated rings. The van der Waals surface area contributed by atoms with Crippen molar-refractivity contribution in [3.8, 4) is 5.75 Å². The monoisotopic (exact) mass is 206 g/mol. The molecule has 0 aromatic heterocycles. The quantitative estimate of drug-likeness (QED) is 0.734. The average Bonchev–Trinajstić information content (AvgIpc) is 2.14. The molecular weight excluding hydrogens is 184 g/mol. The van der Waals surface area contributed by atoms with E-state index in [2.05, 4.69) is 20.8 Å². The van der Waals surface area contributed by atoms with Crippen LogP contribution in [0, 0.1) is 5.41 Å². The van der Waals surface area contributed by atoms with Crippen molar-refractivity contribution < 1.29 is 5.11 Å². The van der Waals surface area contributed by atoms with Crippen molar-refractivity contribution in [2.45, 2.75) is 46.5 Å². The lowest BCUT2D eigenvalue weighted by atomic mass is 9.89. The second-order valence-electron chi connectivity index (χ2n) is 5.43. The maximum absolute atomic E-state index is 9.13. The zero-order valence-corrected chi connectivity index (χ0v) is 10.1. The van der Waals surface area contributed by atoms with E-state index in [1.807, 2.05) is 12.1 Å². The summed E-state index contributed by atoms with van der Waals surface area (Å²) in [7, 11) is 0. The van der Waals surface area contributed by atoms with Gasteiger partial charge in [0, 0.05) is 0 Å². The van der Waals surface area contributed by atoms with Crippen molar-refractivity contribution in [3.05, 3.63) is 29.8 Å². The summed E-state index contributed by atoms with van der Waals surface area (Å²) in [6, 6.07) is 7.54. The van der Waals surface area contributed by atoms with Gasteiger partial charge in [-0.15, -0.1) is 0 Å². The zero-order valence-electron chi connectivity index (χ0n) is 10.1. The molecule has 0 bridgehead atoms. The Morgan fingerprint density at radius 1 is 1.00 bits per heavy atom. The number of aromatic hydroxyl groups is 1. The fraction of sp³-hybridized carbons (Fsp3) is 0.571. The second kappa shape index (κ2) is 5.20. The smallest absolute Gasteiger partial charge is 0.115 e. The molecule has 1 aromatic rings. The molecule has 1 aromatic carbocycles. The summed E-state index contributed by atoms with van der Waals surface area (Å²) in [5.41, 5.74) is 1.77. The minimum Gasteiger partial charge on any atom is -0.508 e. The summed E-state index contributed by atoms with van der Waals surface area (Å²) in [5, 5.41) is 9.13. The van der Waals surface area contributed by atoms with E-state index in [9.17, 15) is 0 Å². The van der Waals surface area contributed by atoms with Crippen LogP contribution in [0.15, 0.2) is 24.3 Å². The second-order valence-corrected chi connectivity index (χ2v) is 5.43. The van der Waals surface area contributed by atoms with Crippen LogP contribution in [0.3, 0.4) is 0 Å². The Bertz CT molecular complexity index is 279. The molecule has 0 amide bonds. The molecule has 1 heteroatoms. The minimum absolute atomic E-state index is 0.355. The van der Waals surface area contributed by atoms with Gasteiger partial charge in [-0.2, -0.15) is 0 Å². The lowest BCUT2D eigenvalue weighted by molar-refractivity contribution is 0.360. The van der Waals surface area contributed by atoms with Crippen LogP contribution in [0.25, 0.3) is 0 Å². The molecule has 0 saturated carbocycles. The van der Waals surface area contributed by atoms with Crippen molar-refractivity contribution >= 4 is 0 Å². The van der Waals surface area contributed by atoms with Gasteiger partial charge in [0.1, 0.15) is 5.75 Å². The molecule has 0 aliphatic rings. The molecule has 0 aliphatic carbocycles. The first-order valence-corrected chi connectivity index (χ1v) is 5.75. The Morgan fingerprint density at radius 2 is 1.60 bits per heavy atom. The van der Waals surface area contributed by atoms with Crippen molar-refractivity contribution in [2.75, 3.05) is 0 Å². The summed E-state index contributed by atoms with van der Waals surface area (Å²) in [6.07, 6.45) is 4.92. The lowest BCUT2D eigenvalue weighted by Gasteiger charge is -2.17. The van der Waals surface area contributed by atoms with E-state index in [1.165, 1.54) is 24.8 Å². The molecule has 1 N–H and O–H groups in total. The molecule has 0 unspecified atom stereocenters. The Labute approximate surface area is 93.1 Å². The fourth-order valence-electron chi connectivity index (χ4n) is 1.65. The molecule has 0 atom stereocenters. The third-order valence-electron chi connectivity index (χ3n) is 2.58. The fourth-order valence-corrected chi connectivity index (χ4v) is 1.65. The molecule has 0 heterocycles. The van der Waals surface area contributed by atoms with Gasteiger partial charge in [-0.25, -0.2) is 0 Å². The Morgan fingerprint density at radius 3 is 2.13 bits per heavy atom. The van der Waals surface area contributed by atoms with Crippen LogP contribution < -0.4 is 0 Å². The Balaban J connectivity index is 2.23. The number of hydrogen-bond donors (Lipinski definition) is 1. The van der Waals surface area contributed by atoms with E-state index in [0.717, 1.165) is 6.42 Å². The van der Waals surface area contributed by atoms with Crippen LogP contribution >= 0.6 is 0 Å². The molecule has 0 aliphatic heterocycles. The predicted octanol–water partition coefficient (Wildman–Crippen LogP) is 4.15. The predicted molar refractivity (Wildman–Crippen MR) is 65.1 cm³/mol. The Kier molecular flexibility index (Phi) is 4.19. The highest BCUT2D eigenvalue weighted by Gasteiger charge is 2.08. The summed E-state index contributed by atoms with van der Waals surface area (Å²) < 4.78 is 0. The molecule has 1 nitrogen and oxygen atoms in total. The van der Waals surface area contributed by atoms with Gasteiger partial charge < -0.3 is 5.11 Å². The SMILES string of the molecule is CC(C)(C)CCCCc1ccc(O)cc1. The molecule has 15 heavy (non-hydrogen) atoms. The topological polar surface area (TPSA) is 20.2 Å². The molecular formula is C14H22O. The van der Waals surface area contributed by atoms with Gasteiger partial charge in [-0.05, 0) is 42.4 Å². The van der Waals surface area contributed by atoms with Gasteiger partial charge in [0.05, 0.1) is 0 Å². The molecule has 1 rings (SSSR count). The standard InChI is InChI=1S/C14H22O/c1-14(2,3)11-5-4-6-12-7-9-13(15)10-8-12/h7-10,15H,4-6,11H2,1-3H3. The van der Waals surface area contributed by atoms with Gasteiger partial charge in [0.2, 0.25) is 0 Å². The summed E-state index contributed by atoms with van der Waals surface area (Å²) in [4.78, 5) is 0. The molecule has 0 saturated heterocycles. The van der Waals surface area contributed by atoms with Crippen molar-refractivity contribution in [1.82, 2.24) is 0 Å². The van der Waals surface area contributed by atoms with Crippen LogP contribution in [0.5, 0.6) is 5.75 Å². The number of phenolic OH excluding ortho intramolecular Hbond substituents is 1. The highest BCUT2D eigenvalue weighted by Crippen LogP contribution is 2.22. The van der Waals surface area contributed by atoms with Crippen LogP contribution in [0.1, 0.15) is 45.6 Å². The highest BCUT2D eigenvalue weighted by molar-refractivity contribution is 5.25. The normalized spacial score (nSPS) is 11.7. The largest absolute Gasteiger partial charge is 0.508 e. The summed E-state index contributed by atoms with van der Waals surface area (Å²) in [6.45, 7) is 6.86. The first kappa shape index (κ1) is 12.1. The number of hydrogen-bond acceptors (Lipinski definition) is 1. The van der Waals surface area contributed by atoms with Crippen LogP contribution in [0.2, 0.25) is 0 Å². The highest BCUT2D eigenvalue weighted by atomic mass is 16.3. The maximum Gasteiger partial charge on any atom is 0.115 e. The first-order valence-electron chi connectivity index (χ1n) is 5.75. The van der Waals surface area contributed by atoms with Gasteiger partial charge in [0.15, 0.2) is 0 Å².